The summed E-state index contributed by atoms with van der Waals surface area (Å²) in [6.45, 7) is 7.97. The summed E-state index contributed by atoms with van der Waals surface area (Å²) in [4.78, 5) is 32.4. The lowest BCUT2D eigenvalue weighted by molar-refractivity contribution is -0.132. The second kappa shape index (κ2) is 7.01. The fraction of sp³-hybridized carbons (Fsp3) is 0.647. The number of aryl methyl sites for hydroxylation is 2. The molecule has 1 atom stereocenters. The van der Waals surface area contributed by atoms with Gasteiger partial charge in [0.25, 0.3) is 5.91 Å². The van der Waals surface area contributed by atoms with Crippen LogP contribution in [0.5, 0.6) is 0 Å². The standard InChI is InChI=1S/C17H24N4O2S/c1-4-21-15(22)8-7-14(19-21)17(23)20-9-5-6-13(10-20)16-18-11(2)12(3)24-16/h13H,4-10H2,1-3H3/t13-/m0/s1. The Kier molecular flexibility index (Phi) is 4.99. The van der Waals surface area contributed by atoms with Crippen LogP contribution in [0.1, 0.15) is 54.1 Å². The molecule has 0 aliphatic carbocycles. The molecule has 24 heavy (non-hydrogen) atoms. The fourth-order valence-corrected chi connectivity index (χ4v) is 4.27. The highest BCUT2D eigenvalue weighted by Gasteiger charge is 2.31. The lowest BCUT2D eigenvalue weighted by Crippen LogP contribution is -2.45. The molecule has 2 amide bonds. The Balaban J connectivity index is 1.72. The average molecular weight is 348 g/mol. The van der Waals surface area contributed by atoms with E-state index in [9.17, 15) is 9.59 Å². The normalized spacial score (nSPS) is 21.9. The van der Waals surface area contributed by atoms with Gasteiger partial charge in [-0.15, -0.1) is 11.3 Å². The number of carbonyl (C=O) groups excluding carboxylic acids is 2. The first-order chi connectivity index (χ1) is 11.5. The van der Waals surface area contributed by atoms with Crippen LogP contribution in [0.15, 0.2) is 5.10 Å². The number of carbonyl (C=O) groups is 2. The largest absolute Gasteiger partial charge is 0.337 e. The van der Waals surface area contributed by atoms with Crippen molar-refractivity contribution in [3.63, 3.8) is 0 Å². The number of thiazole rings is 1. The maximum atomic E-state index is 12.8. The lowest BCUT2D eigenvalue weighted by Gasteiger charge is -2.33. The maximum absolute atomic E-state index is 12.8. The van der Waals surface area contributed by atoms with E-state index in [2.05, 4.69) is 17.0 Å². The molecule has 0 radical (unpaired) electrons. The van der Waals surface area contributed by atoms with Crippen molar-refractivity contribution in [2.75, 3.05) is 19.6 Å². The van der Waals surface area contributed by atoms with Crippen LogP contribution in [0.3, 0.4) is 0 Å². The summed E-state index contributed by atoms with van der Waals surface area (Å²) in [6.07, 6.45) is 2.88. The molecule has 1 aromatic heterocycles. The number of amides is 2. The number of piperidine rings is 1. The number of likely N-dealkylation sites (tertiary alicyclic amines) is 1. The van der Waals surface area contributed by atoms with E-state index >= 15 is 0 Å². The van der Waals surface area contributed by atoms with Gasteiger partial charge in [0.05, 0.1) is 10.7 Å². The molecular weight excluding hydrogens is 324 g/mol. The third kappa shape index (κ3) is 3.36. The van der Waals surface area contributed by atoms with Crippen molar-refractivity contribution in [2.24, 2.45) is 5.10 Å². The molecule has 0 N–H and O–H groups in total. The van der Waals surface area contributed by atoms with E-state index in [0.717, 1.165) is 30.1 Å². The maximum Gasteiger partial charge on any atom is 0.270 e. The van der Waals surface area contributed by atoms with E-state index in [0.29, 0.717) is 37.6 Å². The van der Waals surface area contributed by atoms with Crippen LogP contribution in [-0.4, -0.2) is 52.1 Å². The average Bonchev–Trinajstić information content (AvgIpc) is 2.94. The van der Waals surface area contributed by atoms with E-state index in [-0.39, 0.29) is 11.8 Å². The van der Waals surface area contributed by atoms with Crippen LogP contribution in [-0.2, 0) is 9.59 Å². The molecule has 1 aromatic rings. The zero-order valence-corrected chi connectivity index (χ0v) is 15.4. The van der Waals surface area contributed by atoms with Crippen molar-refractivity contribution >= 4 is 28.9 Å². The molecule has 0 unspecified atom stereocenters. The van der Waals surface area contributed by atoms with Gasteiger partial charge in [0, 0.05) is 43.3 Å². The first-order valence-corrected chi connectivity index (χ1v) is 9.42. The molecule has 6 nitrogen and oxygen atoms in total. The van der Waals surface area contributed by atoms with Gasteiger partial charge in [0.1, 0.15) is 5.71 Å². The molecular formula is C17H24N4O2S. The Morgan fingerprint density at radius 1 is 1.33 bits per heavy atom. The topological polar surface area (TPSA) is 65.9 Å². The highest BCUT2D eigenvalue weighted by Crippen LogP contribution is 2.31. The second-order valence-electron chi connectivity index (χ2n) is 6.44. The Hall–Kier alpha value is -1.76. The Bertz CT molecular complexity index is 663. The molecule has 2 aliphatic heterocycles. The van der Waals surface area contributed by atoms with Crippen LogP contribution in [0.4, 0.5) is 0 Å². The summed E-state index contributed by atoms with van der Waals surface area (Å²) >= 11 is 1.74. The van der Waals surface area contributed by atoms with Gasteiger partial charge >= 0.3 is 0 Å². The van der Waals surface area contributed by atoms with E-state index in [1.54, 1.807) is 11.3 Å². The van der Waals surface area contributed by atoms with E-state index in [1.807, 2.05) is 18.7 Å². The van der Waals surface area contributed by atoms with Crippen molar-refractivity contribution in [1.82, 2.24) is 14.9 Å². The van der Waals surface area contributed by atoms with Gasteiger partial charge in [-0.25, -0.2) is 9.99 Å². The lowest BCUT2D eigenvalue weighted by atomic mass is 9.98. The number of hydrogen-bond acceptors (Lipinski definition) is 5. The summed E-state index contributed by atoms with van der Waals surface area (Å²) in [5, 5.41) is 6.81. The molecule has 1 saturated heterocycles. The molecule has 1 fully saturated rings. The first kappa shape index (κ1) is 17.1. The van der Waals surface area contributed by atoms with Gasteiger partial charge in [-0.2, -0.15) is 5.10 Å². The highest BCUT2D eigenvalue weighted by atomic mass is 32.1. The van der Waals surface area contributed by atoms with Gasteiger partial charge in [-0.3, -0.25) is 9.59 Å². The molecule has 0 spiro atoms. The number of hydrogen-bond donors (Lipinski definition) is 0. The monoisotopic (exact) mass is 348 g/mol. The van der Waals surface area contributed by atoms with Gasteiger partial charge < -0.3 is 4.90 Å². The molecule has 7 heteroatoms. The van der Waals surface area contributed by atoms with Gasteiger partial charge in [0.15, 0.2) is 0 Å². The molecule has 130 valence electrons. The Morgan fingerprint density at radius 2 is 2.12 bits per heavy atom. The van der Waals surface area contributed by atoms with Crippen LogP contribution >= 0.6 is 11.3 Å². The molecule has 0 saturated carbocycles. The van der Waals surface area contributed by atoms with Crippen LogP contribution in [0.2, 0.25) is 0 Å². The van der Waals surface area contributed by atoms with Gasteiger partial charge in [-0.1, -0.05) is 0 Å². The number of aromatic nitrogens is 1. The smallest absolute Gasteiger partial charge is 0.270 e. The van der Waals surface area contributed by atoms with Crippen molar-refractivity contribution < 1.29 is 9.59 Å². The van der Waals surface area contributed by atoms with Crippen LogP contribution in [0, 0.1) is 13.8 Å². The molecule has 0 bridgehead atoms. The summed E-state index contributed by atoms with van der Waals surface area (Å²) in [5.41, 5.74) is 1.61. The van der Waals surface area contributed by atoms with Crippen molar-refractivity contribution in [2.45, 2.75) is 52.4 Å². The van der Waals surface area contributed by atoms with E-state index < -0.39 is 0 Å². The van der Waals surface area contributed by atoms with Gasteiger partial charge in [0.2, 0.25) is 5.91 Å². The SMILES string of the molecule is CCN1N=C(C(=O)N2CCC[C@H](c3nc(C)c(C)s3)C2)CCC1=O. The Labute approximate surface area is 146 Å². The fourth-order valence-electron chi connectivity index (χ4n) is 3.22. The summed E-state index contributed by atoms with van der Waals surface area (Å²) in [6, 6.07) is 0. The minimum absolute atomic E-state index is 0.000642. The zero-order chi connectivity index (χ0) is 17.3. The van der Waals surface area contributed by atoms with Crippen molar-refractivity contribution in [1.29, 1.82) is 0 Å². The zero-order valence-electron chi connectivity index (χ0n) is 14.5. The third-order valence-electron chi connectivity index (χ3n) is 4.75. The minimum atomic E-state index is -0.0179. The first-order valence-electron chi connectivity index (χ1n) is 8.60. The third-order valence-corrected chi connectivity index (χ3v) is 5.99. The number of hydrazone groups is 1. The number of nitrogens with zero attached hydrogens (tertiary/aromatic N) is 4. The quantitative estimate of drug-likeness (QED) is 0.843. The second-order valence-corrected chi connectivity index (χ2v) is 7.67. The molecule has 3 rings (SSSR count). The van der Waals surface area contributed by atoms with Crippen molar-refractivity contribution in [3.8, 4) is 0 Å². The predicted molar refractivity (Wildman–Crippen MR) is 94.2 cm³/mol. The minimum Gasteiger partial charge on any atom is -0.337 e. The molecule has 0 aromatic carbocycles. The van der Waals surface area contributed by atoms with E-state index in [4.69, 9.17) is 0 Å². The molecule has 2 aliphatic rings. The Morgan fingerprint density at radius 3 is 2.79 bits per heavy atom. The van der Waals surface area contributed by atoms with Crippen LogP contribution in [0.25, 0.3) is 0 Å². The van der Waals surface area contributed by atoms with Crippen LogP contribution < -0.4 is 0 Å². The summed E-state index contributed by atoms with van der Waals surface area (Å²) in [5.74, 6) is 0.295. The highest BCUT2D eigenvalue weighted by molar-refractivity contribution is 7.11. The van der Waals surface area contributed by atoms with Gasteiger partial charge in [-0.05, 0) is 33.6 Å². The summed E-state index contributed by atoms with van der Waals surface area (Å²) < 4.78 is 0. The molecule has 3 heterocycles. The van der Waals surface area contributed by atoms with E-state index in [1.165, 1.54) is 9.89 Å². The van der Waals surface area contributed by atoms with Crippen molar-refractivity contribution in [3.05, 3.63) is 15.6 Å². The predicted octanol–water partition coefficient (Wildman–Crippen LogP) is 2.46. The summed E-state index contributed by atoms with van der Waals surface area (Å²) in [7, 11) is 0. The number of rotatable bonds is 3.